The molecule has 0 saturated heterocycles. The van der Waals surface area contributed by atoms with Gasteiger partial charge in [-0.2, -0.15) is 0 Å². The Hall–Kier alpha value is -0.580. The van der Waals surface area contributed by atoms with Crippen molar-refractivity contribution in [2.75, 3.05) is 0 Å². The molecule has 1 aliphatic rings. The van der Waals surface area contributed by atoms with Gasteiger partial charge in [0.15, 0.2) is 28.8 Å². The second-order valence-electron chi connectivity index (χ2n) is 3.64. The number of hydrogen-bond donors (Lipinski definition) is 0. The standard InChI is InChI=1S/C12H15IO2/c1-3-4-5-11-10(8-15-13)7-6-9(2)12(11)14/h3-5,8-9H,6-7H2,1-2H3/b4-3-,10-8-,11-5+. The molecule has 82 valence electrons. The molecule has 1 saturated carbocycles. The molecule has 0 aromatic heterocycles. The molecule has 1 rings (SSSR count). The highest BCUT2D eigenvalue weighted by Crippen LogP contribution is 2.30. The first-order valence-electron chi connectivity index (χ1n) is 5.04. The Bertz CT molecular complexity index is 327. The lowest BCUT2D eigenvalue weighted by Gasteiger charge is -2.21. The summed E-state index contributed by atoms with van der Waals surface area (Å²) in [5, 5.41) is 0. The van der Waals surface area contributed by atoms with Crippen LogP contribution in [0, 0.1) is 5.92 Å². The highest BCUT2D eigenvalue weighted by atomic mass is 127. The average molecular weight is 318 g/mol. The normalized spacial score (nSPS) is 27.9. The number of allylic oxidation sites excluding steroid dienone is 5. The zero-order valence-electron chi connectivity index (χ0n) is 9.00. The van der Waals surface area contributed by atoms with Crippen molar-refractivity contribution in [2.45, 2.75) is 26.7 Å². The van der Waals surface area contributed by atoms with E-state index in [1.165, 1.54) is 0 Å². The van der Waals surface area contributed by atoms with Crippen LogP contribution in [0.25, 0.3) is 0 Å². The molecule has 1 aliphatic carbocycles. The van der Waals surface area contributed by atoms with Crippen molar-refractivity contribution in [3.8, 4) is 0 Å². The lowest BCUT2D eigenvalue weighted by atomic mass is 9.82. The first kappa shape index (κ1) is 12.5. The Labute approximate surface area is 105 Å². The van der Waals surface area contributed by atoms with Gasteiger partial charge in [0.25, 0.3) is 0 Å². The summed E-state index contributed by atoms with van der Waals surface area (Å²) in [6.45, 7) is 3.92. The van der Waals surface area contributed by atoms with Gasteiger partial charge < -0.3 is 3.07 Å². The Morgan fingerprint density at radius 1 is 1.53 bits per heavy atom. The van der Waals surface area contributed by atoms with Crippen LogP contribution in [0.2, 0.25) is 0 Å². The van der Waals surface area contributed by atoms with Gasteiger partial charge in [-0.1, -0.05) is 25.2 Å². The molecule has 3 heteroatoms. The summed E-state index contributed by atoms with van der Waals surface area (Å²) in [5.41, 5.74) is 1.80. The molecule has 0 aliphatic heterocycles. The summed E-state index contributed by atoms with van der Waals surface area (Å²) in [7, 11) is 0. The van der Waals surface area contributed by atoms with E-state index in [0.29, 0.717) is 0 Å². The smallest absolute Gasteiger partial charge is 0.191 e. The van der Waals surface area contributed by atoms with Crippen LogP contribution in [-0.4, -0.2) is 5.78 Å². The molecule has 0 amide bonds. The van der Waals surface area contributed by atoms with Crippen LogP contribution in [0.4, 0.5) is 0 Å². The third-order valence-electron chi connectivity index (χ3n) is 2.55. The van der Waals surface area contributed by atoms with Gasteiger partial charge >= 0.3 is 0 Å². The molecule has 0 heterocycles. The Morgan fingerprint density at radius 3 is 2.87 bits per heavy atom. The zero-order valence-corrected chi connectivity index (χ0v) is 11.2. The van der Waals surface area contributed by atoms with Crippen molar-refractivity contribution in [1.29, 1.82) is 0 Å². The van der Waals surface area contributed by atoms with E-state index in [9.17, 15) is 4.79 Å². The molecule has 0 bridgehead atoms. The fourth-order valence-corrected chi connectivity index (χ4v) is 1.93. The fraction of sp³-hybridized carbons (Fsp3) is 0.417. The number of Topliss-reactive ketones (excluding diaryl/α,β-unsaturated/α-hetero) is 1. The van der Waals surface area contributed by atoms with Crippen molar-refractivity contribution in [2.24, 2.45) is 5.92 Å². The van der Waals surface area contributed by atoms with Crippen LogP contribution in [0.15, 0.2) is 35.6 Å². The maximum atomic E-state index is 11.9. The Kier molecular flexibility index (Phi) is 5.08. The minimum absolute atomic E-state index is 0.132. The second-order valence-corrected chi connectivity index (χ2v) is 4.15. The molecule has 0 aromatic rings. The number of carbonyl (C=O) groups excluding carboxylic acids is 1. The van der Waals surface area contributed by atoms with Gasteiger partial charge in [-0.15, -0.1) is 0 Å². The molecule has 0 radical (unpaired) electrons. The summed E-state index contributed by atoms with van der Waals surface area (Å²) in [6.07, 6.45) is 9.19. The predicted molar refractivity (Wildman–Crippen MR) is 69.5 cm³/mol. The van der Waals surface area contributed by atoms with E-state index in [0.717, 1.165) is 24.0 Å². The minimum atomic E-state index is 0.132. The highest BCUT2D eigenvalue weighted by molar-refractivity contribution is 14.1. The highest BCUT2D eigenvalue weighted by Gasteiger charge is 2.26. The van der Waals surface area contributed by atoms with Gasteiger partial charge in [-0.05, 0) is 25.3 Å². The predicted octanol–water partition coefficient (Wildman–Crippen LogP) is 3.74. The molecule has 1 atom stereocenters. The van der Waals surface area contributed by atoms with Crippen LogP contribution < -0.4 is 0 Å². The Morgan fingerprint density at radius 2 is 2.27 bits per heavy atom. The molecule has 1 fully saturated rings. The molecule has 0 aromatic carbocycles. The first-order chi connectivity index (χ1) is 7.20. The lowest BCUT2D eigenvalue weighted by molar-refractivity contribution is -0.119. The van der Waals surface area contributed by atoms with E-state index in [2.05, 4.69) is 0 Å². The van der Waals surface area contributed by atoms with E-state index < -0.39 is 0 Å². The number of hydrogen-bond acceptors (Lipinski definition) is 2. The molecule has 0 N–H and O–H groups in total. The third-order valence-corrected chi connectivity index (χ3v) is 2.80. The van der Waals surface area contributed by atoms with Crippen LogP contribution in [0.1, 0.15) is 26.7 Å². The van der Waals surface area contributed by atoms with Crippen molar-refractivity contribution in [3.05, 3.63) is 35.6 Å². The molecule has 0 spiro atoms. The summed E-state index contributed by atoms with van der Waals surface area (Å²) >= 11 is 1.82. The minimum Gasteiger partial charge on any atom is -0.435 e. The molecule has 2 nitrogen and oxygen atoms in total. The van der Waals surface area contributed by atoms with E-state index in [1.54, 1.807) is 6.26 Å². The summed E-state index contributed by atoms with van der Waals surface area (Å²) in [4.78, 5) is 11.9. The van der Waals surface area contributed by atoms with Crippen LogP contribution >= 0.6 is 23.0 Å². The van der Waals surface area contributed by atoms with E-state index >= 15 is 0 Å². The first-order valence-corrected chi connectivity index (χ1v) is 5.92. The van der Waals surface area contributed by atoms with Crippen molar-refractivity contribution in [1.82, 2.24) is 0 Å². The average Bonchev–Trinajstić information content (AvgIpc) is 2.23. The van der Waals surface area contributed by atoms with Crippen LogP contribution in [0.5, 0.6) is 0 Å². The maximum absolute atomic E-state index is 11.9. The molecule has 1 unspecified atom stereocenters. The number of rotatable bonds is 2. The van der Waals surface area contributed by atoms with Crippen LogP contribution in [-0.2, 0) is 7.86 Å². The maximum Gasteiger partial charge on any atom is 0.191 e. The third kappa shape index (κ3) is 3.19. The molecule has 15 heavy (non-hydrogen) atoms. The van der Waals surface area contributed by atoms with E-state index in [-0.39, 0.29) is 11.7 Å². The van der Waals surface area contributed by atoms with E-state index in [1.807, 2.05) is 55.1 Å². The SMILES string of the molecule is C\C=C/C=C1/C(=O)C(C)CC/C1=C/OI. The van der Waals surface area contributed by atoms with Crippen molar-refractivity contribution >= 4 is 28.8 Å². The summed E-state index contributed by atoms with van der Waals surface area (Å²) in [5.74, 6) is 0.354. The largest absolute Gasteiger partial charge is 0.435 e. The Balaban J connectivity index is 3.00. The van der Waals surface area contributed by atoms with Crippen LogP contribution in [0.3, 0.4) is 0 Å². The molecular formula is C12H15IO2. The lowest BCUT2D eigenvalue weighted by Crippen LogP contribution is -2.20. The summed E-state index contributed by atoms with van der Waals surface area (Å²) < 4.78 is 4.97. The van der Waals surface area contributed by atoms with Crippen molar-refractivity contribution in [3.63, 3.8) is 0 Å². The summed E-state index contributed by atoms with van der Waals surface area (Å²) in [6, 6.07) is 0. The number of halogens is 1. The van der Waals surface area contributed by atoms with Crippen molar-refractivity contribution < 1.29 is 7.86 Å². The quantitative estimate of drug-likeness (QED) is 0.440. The topological polar surface area (TPSA) is 26.3 Å². The van der Waals surface area contributed by atoms with Gasteiger partial charge in [0, 0.05) is 11.5 Å². The number of carbonyl (C=O) groups is 1. The van der Waals surface area contributed by atoms with Gasteiger partial charge in [0.1, 0.15) is 6.26 Å². The van der Waals surface area contributed by atoms with Gasteiger partial charge in [0.05, 0.1) is 0 Å². The van der Waals surface area contributed by atoms with Gasteiger partial charge in [0.2, 0.25) is 0 Å². The fourth-order valence-electron chi connectivity index (χ4n) is 1.62. The molecular weight excluding hydrogens is 303 g/mol. The zero-order chi connectivity index (χ0) is 11.3. The van der Waals surface area contributed by atoms with E-state index in [4.69, 9.17) is 3.07 Å². The van der Waals surface area contributed by atoms with Gasteiger partial charge in [-0.25, -0.2) is 0 Å². The second kappa shape index (κ2) is 6.10. The van der Waals surface area contributed by atoms with Gasteiger partial charge in [-0.3, -0.25) is 4.79 Å². The monoisotopic (exact) mass is 318 g/mol. The number of ketones is 1.